The number of allylic oxidation sites excluding steroid dienone is 1. The number of benzene rings is 1. The molecular formula is C25H43O3Si3. The molecule has 3 nitrogen and oxygen atoms in total. The standard InChI is InChI=1S/C25H43O3Si3/c1-5-6-7-12-19-31(20-13-15-24(28-31)21-27-30(2,3)4)25-16-9-8-14-23(25)22-29-18-11-10-17-26-29/h8-9,12,14,16,19,24H,5-7,10-11,13,15,17-18,20-22H2,1-4H3. The van der Waals surface area contributed by atoms with Gasteiger partial charge < -0.3 is 13.3 Å². The number of unbranched alkanes of at least 4 members (excludes halogenated alkanes) is 2. The second-order valence-corrected chi connectivity index (χ2v) is 20.3. The number of hydrogen-bond acceptors (Lipinski definition) is 3. The molecule has 2 fully saturated rings. The van der Waals surface area contributed by atoms with Gasteiger partial charge in [0.15, 0.2) is 8.32 Å². The van der Waals surface area contributed by atoms with Gasteiger partial charge in [-0.1, -0.05) is 68.6 Å². The molecule has 2 atom stereocenters. The Labute approximate surface area is 194 Å². The van der Waals surface area contributed by atoms with Crippen LogP contribution in [0.2, 0.25) is 31.7 Å². The van der Waals surface area contributed by atoms with Crippen molar-refractivity contribution in [1.82, 2.24) is 0 Å². The van der Waals surface area contributed by atoms with Gasteiger partial charge in [-0.05, 0) is 67.8 Å². The topological polar surface area (TPSA) is 27.7 Å². The average molecular weight is 476 g/mol. The fraction of sp³-hybridized carbons (Fsp3) is 0.680. The highest BCUT2D eigenvalue weighted by Crippen LogP contribution is 2.30. The Morgan fingerprint density at radius 1 is 1.19 bits per heavy atom. The van der Waals surface area contributed by atoms with Crippen LogP contribution in [0.4, 0.5) is 0 Å². The third-order valence-electron chi connectivity index (χ3n) is 6.28. The largest absolute Gasteiger partial charge is 0.416 e. The quantitative estimate of drug-likeness (QED) is 0.305. The fourth-order valence-electron chi connectivity index (χ4n) is 4.63. The van der Waals surface area contributed by atoms with E-state index in [1.807, 2.05) is 0 Å². The van der Waals surface area contributed by atoms with Crippen LogP contribution in [0.5, 0.6) is 0 Å². The summed E-state index contributed by atoms with van der Waals surface area (Å²) < 4.78 is 19.6. The van der Waals surface area contributed by atoms with Gasteiger partial charge in [0, 0.05) is 6.61 Å². The lowest BCUT2D eigenvalue weighted by molar-refractivity contribution is 0.100. The molecule has 0 aromatic heterocycles. The summed E-state index contributed by atoms with van der Waals surface area (Å²) >= 11 is 0. The summed E-state index contributed by atoms with van der Waals surface area (Å²) in [4.78, 5) is 0. The van der Waals surface area contributed by atoms with Crippen molar-refractivity contribution < 1.29 is 13.3 Å². The summed E-state index contributed by atoms with van der Waals surface area (Å²) in [5.74, 6) is 0. The molecule has 173 valence electrons. The smallest absolute Gasteiger partial charge is 0.249 e. The van der Waals surface area contributed by atoms with E-state index in [0.29, 0.717) is 0 Å². The van der Waals surface area contributed by atoms with Crippen molar-refractivity contribution in [2.75, 3.05) is 13.2 Å². The molecule has 0 amide bonds. The SMILES string of the molecule is CCCCC=C[Si]1(c2ccccc2C[Si]2CCCCO2)CCCC(CO[Si](C)(C)C)O1. The van der Waals surface area contributed by atoms with Gasteiger partial charge in [-0.25, -0.2) is 0 Å². The van der Waals surface area contributed by atoms with Crippen LogP contribution in [-0.2, 0) is 19.3 Å². The molecular weight excluding hydrogens is 433 g/mol. The van der Waals surface area contributed by atoms with Crippen LogP contribution in [0.1, 0.15) is 57.4 Å². The molecule has 1 aromatic carbocycles. The minimum Gasteiger partial charge on any atom is -0.416 e. The van der Waals surface area contributed by atoms with Crippen molar-refractivity contribution in [3.8, 4) is 0 Å². The lowest BCUT2D eigenvalue weighted by Gasteiger charge is -2.40. The van der Waals surface area contributed by atoms with Crippen LogP contribution >= 0.6 is 0 Å². The fourth-order valence-corrected chi connectivity index (χ4v) is 11.8. The molecule has 31 heavy (non-hydrogen) atoms. The average Bonchev–Trinajstić information content (AvgIpc) is 2.76. The van der Waals surface area contributed by atoms with E-state index < -0.39 is 25.7 Å². The van der Waals surface area contributed by atoms with Crippen LogP contribution in [0.15, 0.2) is 36.0 Å². The van der Waals surface area contributed by atoms with E-state index in [0.717, 1.165) is 32.1 Å². The van der Waals surface area contributed by atoms with E-state index in [1.165, 1.54) is 54.9 Å². The van der Waals surface area contributed by atoms with Gasteiger partial charge in [0.1, 0.15) is 0 Å². The van der Waals surface area contributed by atoms with Crippen LogP contribution in [0.3, 0.4) is 0 Å². The van der Waals surface area contributed by atoms with Crippen molar-refractivity contribution in [3.63, 3.8) is 0 Å². The van der Waals surface area contributed by atoms with Gasteiger partial charge in [-0.2, -0.15) is 0 Å². The molecule has 2 aliphatic heterocycles. The van der Waals surface area contributed by atoms with Crippen molar-refractivity contribution in [3.05, 3.63) is 41.6 Å². The molecule has 0 N–H and O–H groups in total. The third kappa shape index (κ3) is 7.79. The van der Waals surface area contributed by atoms with Crippen LogP contribution in [0, 0.1) is 0 Å². The molecule has 0 spiro atoms. The molecule has 0 bridgehead atoms. The zero-order chi connectivity index (χ0) is 22.2. The van der Waals surface area contributed by atoms with Crippen molar-refractivity contribution >= 4 is 30.9 Å². The highest BCUT2D eigenvalue weighted by atomic mass is 28.4. The molecule has 1 aromatic rings. The molecule has 2 aliphatic rings. The maximum Gasteiger partial charge on any atom is 0.249 e. The molecule has 2 unspecified atom stereocenters. The Morgan fingerprint density at radius 2 is 2.03 bits per heavy atom. The maximum atomic E-state index is 7.09. The predicted octanol–water partition coefficient (Wildman–Crippen LogP) is 6.04. The Morgan fingerprint density at radius 3 is 2.77 bits per heavy atom. The van der Waals surface area contributed by atoms with Gasteiger partial charge in [-0.3, -0.25) is 0 Å². The van der Waals surface area contributed by atoms with Crippen molar-refractivity contribution in [2.24, 2.45) is 0 Å². The minimum atomic E-state index is -2.18. The summed E-state index contributed by atoms with van der Waals surface area (Å²) in [6.45, 7) is 10.8. The lowest BCUT2D eigenvalue weighted by Crippen LogP contribution is -2.56. The maximum absolute atomic E-state index is 7.09. The summed E-state index contributed by atoms with van der Waals surface area (Å²) in [5, 5.41) is 1.51. The van der Waals surface area contributed by atoms with Gasteiger partial charge in [0.2, 0.25) is 17.4 Å². The minimum absolute atomic E-state index is 0.232. The lowest BCUT2D eigenvalue weighted by atomic mass is 10.2. The molecule has 0 aliphatic carbocycles. The Kier molecular flexibility index (Phi) is 9.80. The van der Waals surface area contributed by atoms with Crippen LogP contribution < -0.4 is 5.19 Å². The first kappa shape index (κ1) is 25.1. The van der Waals surface area contributed by atoms with E-state index in [-0.39, 0.29) is 6.10 Å². The zero-order valence-corrected chi connectivity index (χ0v) is 23.3. The second-order valence-electron chi connectivity index (χ2n) is 10.2. The zero-order valence-electron chi connectivity index (χ0n) is 20.3. The molecule has 0 saturated carbocycles. The normalized spacial score (nSPS) is 25.9. The summed E-state index contributed by atoms with van der Waals surface area (Å²) in [5.41, 5.74) is 4.03. The summed E-state index contributed by atoms with van der Waals surface area (Å²) in [7, 11) is -4.45. The van der Waals surface area contributed by atoms with E-state index in [4.69, 9.17) is 13.3 Å². The summed E-state index contributed by atoms with van der Waals surface area (Å²) in [6, 6.07) is 12.8. The van der Waals surface area contributed by atoms with Gasteiger partial charge in [-0.15, -0.1) is 0 Å². The van der Waals surface area contributed by atoms with Crippen molar-refractivity contribution in [1.29, 1.82) is 0 Å². The van der Waals surface area contributed by atoms with E-state index in [9.17, 15) is 0 Å². The molecule has 1 radical (unpaired) electrons. The Bertz CT molecular complexity index is 697. The molecule has 6 heteroatoms. The van der Waals surface area contributed by atoms with Crippen LogP contribution in [-0.4, -0.2) is 45.0 Å². The Hall–Kier alpha value is -0.509. The Balaban J connectivity index is 1.85. The predicted molar refractivity (Wildman–Crippen MR) is 138 cm³/mol. The third-order valence-corrected chi connectivity index (χ3v) is 13.6. The van der Waals surface area contributed by atoms with Gasteiger partial charge >= 0.3 is 0 Å². The molecule has 2 saturated heterocycles. The van der Waals surface area contributed by atoms with Gasteiger partial charge in [0.05, 0.1) is 12.7 Å². The summed E-state index contributed by atoms with van der Waals surface area (Å²) in [6.07, 6.45) is 11.3. The van der Waals surface area contributed by atoms with Gasteiger partial charge in [0.25, 0.3) is 0 Å². The molecule has 2 heterocycles. The van der Waals surface area contributed by atoms with E-state index in [2.05, 4.69) is 62.6 Å². The second kappa shape index (κ2) is 12.1. The molecule has 3 rings (SSSR count). The van der Waals surface area contributed by atoms with Crippen molar-refractivity contribution in [2.45, 2.75) is 95.7 Å². The first-order valence-electron chi connectivity index (χ1n) is 12.5. The highest BCUT2D eigenvalue weighted by molar-refractivity contribution is 6.91. The van der Waals surface area contributed by atoms with Crippen LogP contribution in [0.25, 0.3) is 0 Å². The highest BCUT2D eigenvalue weighted by Gasteiger charge is 2.42. The first-order valence-corrected chi connectivity index (χ1v) is 19.9. The van der Waals surface area contributed by atoms with E-state index >= 15 is 0 Å². The number of hydrogen-bond donors (Lipinski definition) is 0. The monoisotopic (exact) mass is 475 g/mol. The number of rotatable bonds is 10. The van der Waals surface area contributed by atoms with E-state index in [1.54, 1.807) is 0 Å². The first-order chi connectivity index (χ1) is 14.9.